The second kappa shape index (κ2) is 6.76. The molecule has 0 unspecified atom stereocenters. The van der Waals surface area contributed by atoms with E-state index in [9.17, 15) is 0 Å². The SMILES string of the molecule is C=CCN(CC=C)C(N)=Nc1ccc(Cl)cc1. The zero-order valence-electron chi connectivity index (χ0n) is 9.64. The summed E-state index contributed by atoms with van der Waals surface area (Å²) in [5.41, 5.74) is 6.68. The van der Waals surface area contributed by atoms with Crippen LogP contribution in [0, 0.1) is 0 Å². The van der Waals surface area contributed by atoms with Crippen molar-refractivity contribution in [3.8, 4) is 0 Å². The smallest absolute Gasteiger partial charge is 0.197 e. The normalized spacial score (nSPS) is 11.0. The average Bonchev–Trinajstić information content (AvgIpc) is 2.32. The molecular formula is C13H16ClN3. The van der Waals surface area contributed by atoms with E-state index in [1.807, 2.05) is 17.0 Å². The van der Waals surface area contributed by atoms with Crippen LogP contribution in [0.25, 0.3) is 0 Å². The molecule has 17 heavy (non-hydrogen) atoms. The summed E-state index contributed by atoms with van der Waals surface area (Å²) in [6.07, 6.45) is 3.54. The highest BCUT2D eigenvalue weighted by molar-refractivity contribution is 6.30. The Balaban J connectivity index is 2.84. The molecule has 0 atom stereocenters. The Morgan fingerprint density at radius 2 is 1.76 bits per heavy atom. The van der Waals surface area contributed by atoms with E-state index in [0.717, 1.165) is 5.69 Å². The lowest BCUT2D eigenvalue weighted by molar-refractivity contribution is 0.508. The van der Waals surface area contributed by atoms with E-state index in [1.54, 1.807) is 24.3 Å². The van der Waals surface area contributed by atoms with Gasteiger partial charge in [0.15, 0.2) is 5.96 Å². The van der Waals surface area contributed by atoms with Gasteiger partial charge in [0.2, 0.25) is 0 Å². The first-order valence-electron chi connectivity index (χ1n) is 5.24. The van der Waals surface area contributed by atoms with Gasteiger partial charge in [-0.1, -0.05) is 23.8 Å². The Bertz CT molecular complexity index is 399. The van der Waals surface area contributed by atoms with Crippen LogP contribution in [0.3, 0.4) is 0 Å². The lowest BCUT2D eigenvalue weighted by Gasteiger charge is -2.19. The third kappa shape index (κ3) is 4.33. The molecule has 0 amide bonds. The van der Waals surface area contributed by atoms with Gasteiger partial charge < -0.3 is 10.6 Å². The molecule has 0 aliphatic rings. The molecule has 1 rings (SSSR count). The van der Waals surface area contributed by atoms with E-state index in [4.69, 9.17) is 17.3 Å². The second-order valence-electron chi connectivity index (χ2n) is 3.43. The molecule has 1 aromatic carbocycles. The van der Waals surface area contributed by atoms with Crippen LogP contribution in [-0.4, -0.2) is 23.9 Å². The Morgan fingerprint density at radius 1 is 1.24 bits per heavy atom. The molecule has 3 nitrogen and oxygen atoms in total. The number of aliphatic imine (C=N–C) groups is 1. The molecule has 0 saturated heterocycles. The monoisotopic (exact) mass is 249 g/mol. The highest BCUT2D eigenvalue weighted by atomic mass is 35.5. The summed E-state index contributed by atoms with van der Waals surface area (Å²) >= 11 is 5.79. The average molecular weight is 250 g/mol. The van der Waals surface area contributed by atoms with Crippen LogP contribution in [-0.2, 0) is 0 Å². The Morgan fingerprint density at radius 3 is 2.24 bits per heavy atom. The molecule has 0 heterocycles. The maximum Gasteiger partial charge on any atom is 0.197 e. The summed E-state index contributed by atoms with van der Waals surface area (Å²) in [4.78, 5) is 6.17. The maximum absolute atomic E-state index is 5.91. The number of benzene rings is 1. The summed E-state index contributed by atoms with van der Waals surface area (Å²) in [5, 5.41) is 0.677. The molecule has 90 valence electrons. The number of rotatable bonds is 5. The number of nitrogens with two attached hydrogens (primary N) is 1. The van der Waals surface area contributed by atoms with Gasteiger partial charge in [0, 0.05) is 18.1 Å². The number of nitrogens with zero attached hydrogens (tertiary/aromatic N) is 2. The Hall–Kier alpha value is -1.74. The van der Waals surface area contributed by atoms with E-state index < -0.39 is 0 Å². The predicted molar refractivity (Wildman–Crippen MR) is 74.7 cm³/mol. The van der Waals surface area contributed by atoms with Crippen LogP contribution >= 0.6 is 11.6 Å². The van der Waals surface area contributed by atoms with Crippen molar-refractivity contribution in [3.63, 3.8) is 0 Å². The number of hydrogen-bond acceptors (Lipinski definition) is 1. The van der Waals surface area contributed by atoms with Crippen molar-refractivity contribution in [2.75, 3.05) is 13.1 Å². The van der Waals surface area contributed by atoms with Gasteiger partial charge in [0.1, 0.15) is 0 Å². The van der Waals surface area contributed by atoms with Crippen molar-refractivity contribution in [3.05, 3.63) is 54.6 Å². The molecule has 0 radical (unpaired) electrons. The Kier molecular flexibility index (Phi) is 5.30. The fourth-order valence-electron chi connectivity index (χ4n) is 1.29. The molecule has 0 bridgehead atoms. The largest absolute Gasteiger partial charge is 0.369 e. The molecule has 0 spiro atoms. The third-order valence-corrected chi connectivity index (χ3v) is 2.35. The molecule has 4 heteroatoms. The van der Waals surface area contributed by atoms with Crippen LogP contribution in [0.1, 0.15) is 0 Å². The van der Waals surface area contributed by atoms with Crippen LogP contribution in [0.15, 0.2) is 54.6 Å². The van der Waals surface area contributed by atoms with Crippen molar-refractivity contribution in [1.82, 2.24) is 4.90 Å². The minimum atomic E-state index is 0.437. The van der Waals surface area contributed by atoms with Crippen LogP contribution in [0.5, 0.6) is 0 Å². The lowest BCUT2D eigenvalue weighted by Crippen LogP contribution is -2.37. The van der Waals surface area contributed by atoms with E-state index >= 15 is 0 Å². The summed E-state index contributed by atoms with van der Waals surface area (Å²) in [6.45, 7) is 8.63. The first kappa shape index (κ1) is 13.3. The zero-order chi connectivity index (χ0) is 12.7. The van der Waals surface area contributed by atoms with Crippen molar-refractivity contribution in [2.24, 2.45) is 10.7 Å². The zero-order valence-corrected chi connectivity index (χ0v) is 10.4. The fourth-order valence-corrected chi connectivity index (χ4v) is 1.42. The molecular weight excluding hydrogens is 234 g/mol. The molecule has 0 saturated carbocycles. The van der Waals surface area contributed by atoms with Gasteiger partial charge in [0.25, 0.3) is 0 Å². The van der Waals surface area contributed by atoms with Gasteiger partial charge in [0.05, 0.1) is 5.69 Å². The van der Waals surface area contributed by atoms with Gasteiger partial charge in [-0.05, 0) is 24.3 Å². The first-order valence-corrected chi connectivity index (χ1v) is 5.61. The molecule has 0 aliphatic carbocycles. The van der Waals surface area contributed by atoms with Gasteiger partial charge in [-0.3, -0.25) is 0 Å². The van der Waals surface area contributed by atoms with Crippen LogP contribution in [0.4, 0.5) is 5.69 Å². The summed E-state index contributed by atoms with van der Waals surface area (Å²) in [6, 6.07) is 7.18. The van der Waals surface area contributed by atoms with Crippen molar-refractivity contribution in [2.45, 2.75) is 0 Å². The lowest BCUT2D eigenvalue weighted by atomic mass is 10.3. The molecule has 0 aromatic heterocycles. The van der Waals surface area contributed by atoms with Crippen molar-refractivity contribution < 1.29 is 0 Å². The molecule has 2 N–H and O–H groups in total. The highest BCUT2D eigenvalue weighted by Gasteiger charge is 2.03. The summed E-state index contributed by atoms with van der Waals surface area (Å²) < 4.78 is 0. The van der Waals surface area contributed by atoms with E-state index in [-0.39, 0.29) is 0 Å². The van der Waals surface area contributed by atoms with Gasteiger partial charge in [-0.25, -0.2) is 4.99 Å². The predicted octanol–water partition coefficient (Wildman–Crippen LogP) is 2.96. The molecule has 0 aliphatic heterocycles. The number of halogens is 1. The first-order chi connectivity index (χ1) is 8.17. The number of hydrogen-bond donors (Lipinski definition) is 1. The Labute approximate surface area is 107 Å². The standard InChI is InChI=1S/C13H16ClN3/c1-3-9-17(10-4-2)13(15)16-12-7-5-11(14)6-8-12/h3-8H,1-2,9-10H2,(H2,15,16). The van der Waals surface area contributed by atoms with E-state index in [0.29, 0.717) is 24.1 Å². The van der Waals surface area contributed by atoms with Gasteiger partial charge in [-0.2, -0.15) is 0 Å². The van der Waals surface area contributed by atoms with Crippen LogP contribution < -0.4 is 5.73 Å². The van der Waals surface area contributed by atoms with Crippen LogP contribution in [0.2, 0.25) is 5.02 Å². The topological polar surface area (TPSA) is 41.6 Å². The fraction of sp³-hybridized carbons (Fsp3) is 0.154. The van der Waals surface area contributed by atoms with Gasteiger partial charge in [-0.15, -0.1) is 13.2 Å². The van der Waals surface area contributed by atoms with Gasteiger partial charge >= 0.3 is 0 Å². The second-order valence-corrected chi connectivity index (χ2v) is 3.87. The van der Waals surface area contributed by atoms with Crippen molar-refractivity contribution >= 4 is 23.2 Å². The quantitative estimate of drug-likeness (QED) is 0.495. The maximum atomic E-state index is 5.91. The minimum absolute atomic E-state index is 0.437. The highest BCUT2D eigenvalue weighted by Crippen LogP contribution is 2.16. The summed E-state index contributed by atoms with van der Waals surface area (Å²) in [5.74, 6) is 0.437. The minimum Gasteiger partial charge on any atom is -0.369 e. The third-order valence-electron chi connectivity index (χ3n) is 2.09. The summed E-state index contributed by atoms with van der Waals surface area (Å²) in [7, 11) is 0. The number of guanidine groups is 1. The van der Waals surface area contributed by atoms with E-state index in [1.165, 1.54) is 0 Å². The van der Waals surface area contributed by atoms with E-state index in [2.05, 4.69) is 18.2 Å². The molecule has 0 fully saturated rings. The molecule has 1 aromatic rings. The van der Waals surface area contributed by atoms with Crippen molar-refractivity contribution in [1.29, 1.82) is 0 Å².